The Hall–Kier alpha value is -1.18. The van der Waals surface area contributed by atoms with Crippen LogP contribution in [0.25, 0.3) is 0 Å². The maximum atomic E-state index is 12.6. The lowest BCUT2D eigenvalue weighted by molar-refractivity contribution is -0.161. The first kappa shape index (κ1) is 49.8. The molecule has 6 atom stereocenters. The highest BCUT2D eigenvalue weighted by Gasteiger charge is 2.36. The van der Waals surface area contributed by atoms with E-state index in [4.69, 9.17) is 28.5 Å². The predicted molar refractivity (Wildman–Crippen MR) is 202 cm³/mol. The molecule has 0 bridgehead atoms. The van der Waals surface area contributed by atoms with Gasteiger partial charge in [-0.3, -0.25) is 23.2 Å². The third-order valence-electron chi connectivity index (χ3n) is 9.11. The quantitative estimate of drug-likeness (QED) is 0.0155. The summed E-state index contributed by atoms with van der Waals surface area (Å²) < 4.78 is 53.4. The van der Waals surface area contributed by atoms with E-state index in [1.165, 1.54) is 38.5 Å². The highest BCUT2D eigenvalue weighted by molar-refractivity contribution is 7.47. The molecule has 1 heterocycles. The highest BCUT2D eigenvalue weighted by atomic mass is 31.2. The van der Waals surface area contributed by atoms with E-state index in [0.29, 0.717) is 25.0 Å². The Balaban J connectivity index is 2.38. The number of allylic oxidation sites excluding steroid dienone is 1. The fourth-order valence-electron chi connectivity index (χ4n) is 5.56. The number of unbranched alkanes of at least 4 members (excludes halogenated alkanes) is 12. The first-order chi connectivity index (χ1) is 25.2. The van der Waals surface area contributed by atoms with Gasteiger partial charge in [0.05, 0.1) is 32.0 Å². The van der Waals surface area contributed by atoms with Crippen LogP contribution in [0.2, 0.25) is 0 Å². The number of phosphoric ester groups is 2. The molecule has 0 aromatic rings. The molecule has 0 aliphatic carbocycles. The van der Waals surface area contributed by atoms with Gasteiger partial charge in [0.15, 0.2) is 6.10 Å². The van der Waals surface area contributed by atoms with Crippen molar-refractivity contribution >= 4 is 27.6 Å². The van der Waals surface area contributed by atoms with Crippen molar-refractivity contribution in [1.82, 2.24) is 0 Å². The van der Waals surface area contributed by atoms with E-state index in [2.05, 4.69) is 42.0 Å². The van der Waals surface area contributed by atoms with Gasteiger partial charge in [-0.25, -0.2) is 9.13 Å². The molecule has 1 aliphatic heterocycles. The second kappa shape index (κ2) is 30.0. The second-order valence-corrected chi connectivity index (χ2v) is 16.9. The molecule has 1 aliphatic rings. The molecule has 1 rings (SSSR count). The number of carbonyl (C=O) groups excluding carboxylic acids is 2. The van der Waals surface area contributed by atoms with E-state index in [0.717, 1.165) is 76.5 Å². The monoisotopic (exact) mass is 800 g/mol. The van der Waals surface area contributed by atoms with Gasteiger partial charge >= 0.3 is 27.6 Å². The van der Waals surface area contributed by atoms with Crippen LogP contribution >= 0.6 is 15.6 Å². The van der Waals surface area contributed by atoms with E-state index in [1.807, 2.05) is 0 Å². The summed E-state index contributed by atoms with van der Waals surface area (Å²) in [7, 11) is -9.66. The summed E-state index contributed by atoms with van der Waals surface area (Å²) in [5, 5.41) is 9.71. The molecule has 0 saturated carbocycles. The molecular weight excluding hydrogens is 730 g/mol. The van der Waals surface area contributed by atoms with Gasteiger partial charge < -0.3 is 34.0 Å². The van der Waals surface area contributed by atoms with Crippen LogP contribution in [-0.2, 0) is 46.5 Å². The lowest BCUT2D eigenvalue weighted by Crippen LogP contribution is -2.30. The summed E-state index contributed by atoms with van der Waals surface area (Å²) in [5.41, 5.74) is 0. The lowest BCUT2D eigenvalue weighted by atomic mass is 10.00. The van der Waals surface area contributed by atoms with Crippen molar-refractivity contribution in [2.45, 2.75) is 180 Å². The minimum Gasteiger partial charge on any atom is -0.462 e. The van der Waals surface area contributed by atoms with Gasteiger partial charge in [-0.1, -0.05) is 116 Å². The van der Waals surface area contributed by atoms with Crippen LogP contribution in [0.4, 0.5) is 0 Å². The molecule has 0 aromatic heterocycles. The van der Waals surface area contributed by atoms with E-state index in [-0.39, 0.29) is 12.8 Å². The molecule has 16 heteroatoms. The average Bonchev–Trinajstić information content (AvgIpc) is 3.87. The summed E-state index contributed by atoms with van der Waals surface area (Å²) in [6, 6.07) is 0. The van der Waals surface area contributed by atoms with Crippen LogP contribution in [0.15, 0.2) is 12.2 Å². The average molecular weight is 801 g/mol. The maximum absolute atomic E-state index is 12.6. The Kier molecular flexibility index (Phi) is 28.2. The van der Waals surface area contributed by atoms with Crippen molar-refractivity contribution in [3.8, 4) is 0 Å². The molecular formula is C37H70O14P2. The van der Waals surface area contributed by atoms with Crippen molar-refractivity contribution in [1.29, 1.82) is 0 Å². The van der Waals surface area contributed by atoms with E-state index < -0.39 is 66.2 Å². The van der Waals surface area contributed by atoms with Gasteiger partial charge in [-0.2, -0.15) is 0 Å². The highest BCUT2D eigenvalue weighted by Crippen LogP contribution is 2.44. The van der Waals surface area contributed by atoms with Crippen LogP contribution in [0.1, 0.15) is 156 Å². The first-order valence-corrected chi connectivity index (χ1v) is 22.9. The fraction of sp³-hybridized carbons (Fsp3) is 0.892. The van der Waals surface area contributed by atoms with Gasteiger partial charge in [-0.05, 0) is 44.4 Å². The molecule has 14 nitrogen and oxygen atoms in total. The van der Waals surface area contributed by atoms with Gasteiger partial charge in [0.2, 0.25) is 0 Å². The molecule has 53 heavy (non-hydrogen) atoms. The molecule has 0 radical (unpaired) electrons. The molecule has 1 fully saturated rings. The molecule has 4 unspecified atom stereocenters. The number of rotatable bonds is 36. The normalized spacial score (nSPS) is 18.8. The first-order valence-electron chi connectivity index (χ1n) is 19.9. The Bertz CT molecular complexity index is 1080. The third kappa shape index (κ3) is 30.7. The van der Waals surface area contributed by atoms with Crippen molar-refractivity contribution < 1.29 is 66.3 Å². The van der Waals surface area contributed by atoms with E-state index >= 15 is 0 Å². The van der Waals surface area contributed by atoms with Crippen LogP contribution in [0.3, 0.4) is 0 Å². The van der Waals surface area contributed by atoms with Crippen LogP contribution in [0.5, 0.6) is 0 Å². The minimum atomic E-state index is -4.86. The Morgan fingerprint density at radius 3 is 1.98 bits per heavy atom. The Morgan fingerprint density at radius 2 is 1.32 bits per heavy atom. The number of aliphatic hydroxyl groups is 1. The van der Waals surface area contributed by atoms with Crippen molar-refractivity contribution in [2.24, 2.45) is 5.92 Å². The van der Waals surface area contributed by atoms with Crippen LogP contribution in [-0.4, -0.2) is 82.6 Å². The maximum Gasteiger partial charge on any atom is 0.472 e. The van der Waals surface area contributed by atoms with E-state index in [1.54, 1.807) is 0 Å². The molecule has 0 amide bonds. The summed E-state index contributed by atoms with van der Waals surface area (Å²) >= 11 is 0. The summed E-state index contributed by atoms with van der Waals surface area (Å²) in [6.07, 6.45) is 22.6. The number of epoxide rings is 1. The molecule has 0 aromatic carbocycles. The standard InChI is InChI=1S/C37H70O14P2/c1-4-6-7-8-13-18-23-34-35(51-34)24-19-14-11-16-20-25-36(39)46-29-33(30-49-53(44,45)48-28-32(38)27-47-52(41,42)43)50-37(40)26-21-15-10-9-12-17-22-31(3)5-2/h13,18,31-35,38H,4-12,14-17,19-30H2,1-3H3,(H,44,45)(H2,41,42,43)/b18-13-/t31?,32-,33+,34?,35?/m0/s1. The molecule has 0 spiro atoms. The SMILES string of the molecule is CCCCC/C=C\CC1OC1CCCCCCCC(=O)OC[C@H](COP(=O)(O)OC[C@@H](O)COP(=O)(O)O)OC(=O)CCCCCCCCC(C)CC. The largest absolute Gasteiger partial charge is 0.472 e. The zero-order valence-electron chi connectivity index (χ0n) is 32.5. The van der Waals surface area contributed by atoms with Crippen molar-refractivity contribution in [3.05, 3.63) is 12.2 Å². The number of hydrogen-bond acceptors (Lipinski definition) is 11. The molecule has 1 saturated heterocycles. The Morgan fingerprint density at radius 1 is 0.717 bits per heavy atom. The molecule has 4 N–H and O–H groups in total. The predicted octanol–water partition coefficient (Wildman–Crippen LogP) is 8.24. The van der Waals surface area contributed by atoms with E-state index in [9.17, 15) is 28.7 Å². The van der Waals surface area contributed by atoms with Gasteiger partial charge in [0.25, 0.3) is 0 Å². The summed E-state index contributed by atoms with van der Waals surface area (Å²) in [5.74, 6) is -0.317. The zero-order chi connectivity index (χ0) is 39.4. The van der Waals surface area contributed by atoms with Gasteiger partial charge in [-0.15, -0.1) is 0 Å². The number of esters is 2. The van der Waals surface area contributed by atoms with Gasteiger partial charge in [0, 0.05) is 12.8 Å². The fourth-order valence-corrected chi connectivity index (χ4v) is 6.72. The topological polar surface area (TPSA) is 208 Å². The lowest BCUT2D eigenvalue weighted by Gasteiger charge is -2.20. The number of ether oxygens (including phenoxy) is 3. The Labute approximate surface area is 317 Å². The number of hydrogen-bond donors (Lipinski definition) is 4. The van der Waals surface area contributed by atoms with Crippen LogP contribution in [0, 0.1) is 5.92 Å². The van der Waals surface area contributed by atoms with Crippen molar-refractivity contribution in [2.75, 3.05) is 26.4 Å². The number of carbonyl (C=O) groups is 2. The molecule has 312 valence electrons. The second-order valence-electron chi connectivity index (χ2n) is 14.2. The number of phosphoric acid groups is 2. The van der Waals surface area contributed by atoms with Gasteiger partial charge in [0.1, 0.15) is 12.7 Å². The minimum absolute atomic E-state index is 0.125. The summed E-state index contributed by atoms with van der Waals surface area (Å²) in [4.78, 5) is 52.5. The summed E-state index contributed by atoms with van der Waals surface area (Å²) in [6.45, 7) is 3.94. The smallest absolute Gasteiger partial charge is 0.462 e. The zero-order valence-corrected chi connectivity index (χ0v) is 34.3. The van der Waals surface area contributed by atoms with Crippen LogP contribution < -0.4 is 0 Å². The number of aliphatic hydroxyl groups excluding tert-OH is 1. The third-order valence-corrected chi connectivity index (χ3v) is 10.5. The van der Waals surface area contributed by atoms with Crippen molar-refractivity contribution in [3.63, 3.8) is 0 Å².